The van der Waals surface area contributed by atoms with Crippen molar-refractivity contribution in [1.82, 2.24) is 0 Å². The van der Waals surface area contributed by atoms with Crippen LogP contribution in [0.4, 0.5) is 0 Å². The van der Waals surface area contributed by atoms with E-state index >= 15 is 0 Å². The van der Waals surface area contributed by atoms with E-state index in [0.717, 1.165) is 11.8 Å². The Hall–Kier alpha value is 0. The third-order valence-corrected chi connectivity index (χ3v) is 0.943. The summed E-state index contributed by atoms with van der Waals surface area (Å²) in [5.41, 5.74) is 0. The lowest BCUT2D eigenvalue weighted by Crippen LogP contribution is -1.93. The smallest absolute Gasteiger partial charge is 0.0469 e. The zero-order valence-corrected chi connectivity index (χ0v) is 9.86. The molecule has 0 N–H and O–H groups in total. The van der Waals surface area contributed by atoms with Crippen molar-refractivity contribution in [1.29, 1.82) is 0 Å². The predicted octanol–water partition coefficient (Wildman–Crippen LogP) is 4.74. The average Bonchev–Trinajstić information content (AvgIpc) is 1.93. The summed E-state index contributed by atoms with van der Waals surface area (Å²) in [6.07, 6.45) is 1.36. The van der Waals surface area contributed by atoms with Gasteiger partial charge in [-0.15, -0.1) is 0 Å². The fraction of sp³-hybridized carbons (Fsp3) is 1.00. The van der Waals surface area contributed by atoms with Crippen LogP contribution < -0.4 is 0 Å². The van der Waals surface area contributed by atoms with Crippen LogP contribution in [0, 0.1) is 11.8 Å². The van der Waals surface area contributed by atoms with Gasteiger partial charge in [0.25, 0.3) is 0 Å². The second-order valence-corrected chi connectivity index (χ2v) is 3.02. The highest BCUT2D eigenvalue weighted by molar-refractivity contribution is 4.47. The van der Waals surface area contributed by atoms with Gasteiger partial charge in [0.1, 0.15) is 0 Å². The van der Waals surface area contributed by atoms with Crippen molar-refractivity contribution in [2.75, 3.05) is 0 Å². The summed E-state index contributed by atoms with van der Waals surface area (Å²) < 4.78 is 0. The van der Waals surface area contributed by atoms with Crippen molar-refractivity contribution < 1.29 is 0 Å². The first-order chi connectivity index (χ1) is 5.13. The fourth-order valence-corrected chi connectivity index (χ4v) is 0.943. The van der Waals surface area contributed by atoms with Gasteiger partial charge < -0.3 is 0 Å². The van der Waals surface area contributed by atoms with E-state index in [9.17, 15) is 0 Å². The molecule has 0 heteroatoms. The lowest BCUT2D eigenvalue weighted by atomic mass is 10.0. The minimum atomic E-state index is 0.875. The molecule has 0 heterocycles. The summed E-state index contributed by atoms with van der Waals surface area (Å²) in [6, 6.07) is 0. The largest absolute Gasteiger partial charge is 0.0683 e. The maximum atomic E-state index is 2.26. The van der Waals surface area contributed by atoms with Crippen molar-refractivity contribution in [2.24, 2.45) is 11.8 Å². The van der Waals surface area contributed by atoms with E-state index in [4.69, 9.17) is 0 Å². The summed E-state index contributed by atoms with van der Waals surface area (Å²) in [4.78, 5) is 0. The van der Waals surface area contributed by atoms with Crippen molar-refractivity contribution in [2.45, 2.75) is 61.8 Å². The minimum Gasteiger partial charge on any atom is -0.0683 e. The Morgan fingerprint density at radius 2 is 0.818 bits per heavy atom. The maximum absolute atomic E-state index is 2.26. The van der Waals surface area contributed by atoms with Crippen LogP contribution in [0.1, 0.15) is 61.8 Å². The summed E-state index contributed by atoms with van der Waals surface area (Å²) in [5.74, 6) is 1.75. The second kappa shape index (κ2) is 16.5. The second-order valence-electron chi connectivity index (χ2n) is 3.02. The summed E-state index contributed by atoms with van der Waals surface area (Å²) in [5, 5.41) is 0. The standard InChI is InChI=1S/C7H16.2C2H6/c1-6(2)5-7(3)4;2*1-2/h6-7H,5H2,1-4H3;2*1-2H3. The number of hydrogen-bond donors (Lipinski definition) is 0. The molecule has 0 nitrogen and oxygen atoms in total. The topological polar surface area (TPSA) is 0 Å². The molecule has 0 aromatic carbocycles. The molecule has 0 spiro atoms. The van der Waals surface area contributed by atoms with E-state index in [1.807, 2.05) is 27.7 Å². The van der Waals surface area contributed by atoms with Crippen LogP contribution >= 0.6 is 0 Å². The van der Waals surface area contributed by atoms with Crippen molar-refractivity contribution in [3.63, 3.8) is 0 Å². The van der Waals surface area contributed by atoms with Crippen LogP contribution in [0.2, 0.25) is 0 Å². The Labute approximate surface area is 74.4 Å². The monoisotopic (exact) mass is 160 g/mol. The highest BCUT2D eigenvalue weighted by Crippen LogP contribution is 2.08. The van der Waals surface area contributed by atoms with E-state index in [-0.39, 0.29) is 0 Å². The predicted molar refractivity (Wildman–Crippen MR) is 57.0 cm³/mol. The molecule has 0 rings (SSSR count). The van der Waals surface area contributed by atoms with Crippen LogP contribution in [0.3, 0.4) is 0 Å². The van der Waals surface area contributed by atoms with E-state index in [1.165, 1.54) is 6.42 Å². The van der Waals surface area contributed by atoms with Crippen molar-refractivity contribution in [3.05, 3.63) is 0 Å². The summed E-state index contributed by atoms with van der Waals surface area (Å²) >= 11 is 0. The van der Waals surface area contributed by atoms with Gasteiger partial charge >= 0.3 is 0 Å². The lowest BCUT2D eigenvalue weighted by Gasteiger charge is -2.05. The van der Waals surface area contributed by atoms with Crippen LogP contribution in [-0.4, -0.2) is 0 Å². The molecule has 0 fully saturated rings. The molecule has 11 heavy (non-hydrogen) atoms. The normalized spacial score (nSPS) is 8.18. The number of hydrogen-bond acceptors (Lipinski definition) is 0. The molecular weight excluding hydrogens is 132 g/mol. The molecular formula is C11H28. The SMILES string of the molecule is CC.CC.CC(C)CC(C)C. The Balaban J connectivity index is -0.000000138. The molecule has 72 valence electrons. The fourth-order valence-electron chi connectivity index (χ4n) is 0.943. The first kappa shape index (κ1) is 17.2. The van der Waals surface area contributed by atoms with Gasteiger partial charge in [-0.3, -0.25) is 0 Å². The molecule has 0 amide bonds. The van der Waals surface area contributed by atoms with Gasteiger partial charge in [0.15, 0.2) is 0 Å². The van der Waals surface area contributed by atoms with Crippen LogP contribution in [-0.2, 0) is 0 Å². The maximum Gasteiger partial charge on any atom is -0.0469 e. The van der Waals surface area contributed by atoms with E-state index in [2.05, 4.69) is 27.7 Å². The molecule has 0 saturated heterocycles. The lowest BCUT2D eigenvalue weighted by molar-refractivity contribution is 0.469. The zero-order valence-electron chi connectivity index (χ0n) is 9.86. The summed E-state index contributed by atoms with van der Waals surface area (Å²) in [7, 11) is 0. The molecule has 0 aliphatic rings. The first-order valence-electron chi connectivity index (χ1n) is 5.13. The minimum absolute atomic E-state index is 0.875. The van der Waals surface area contributed by atoms with Crippen LogP contribution in [0.25, 0.3) is 0 Å². The molecule has 0 aromatic heterocycles. The van der Waals surface area contributed by atoms with E-state index in [0.29, 0.717) is 0 Å². The highest BCUT2D eigenvalue weighted by atomic mass is 14.0. The van der Waals surface area contributed by atoms with Crippen LogP contribution in [0.15, 0.2) is 0 Å². The Kier molecular flexibility index (Phi) is 25.8. The van der Waals surface area contributed by atoms with Gasteiger partial charge in [0, 0.05) is 0 Å². The van der Waals surface area contributed by atoms with Crippen molar-refractivity contribution in [3.8, 4) is 0 Å². The number of rotatable bonds is 2. The molecule has 0 bridgehead atoms. The molecule has 0 saturated carbocycles. The van der Waals surface area contributed by atoms with E-state index < -0.39 is 0 Å². The molecule has 0 aliphatic carbocycles. The average molecular weight is 160 g/mol. The Morgan fingerprint density at radius 1 is 0.636 bits per heavy atom. The van der Waals surface area contributed by atoms with Gasteiger partial charge in [-0.2, -0.15) is 0 Å². The van der Waals surface area contributed by atoms with Crippen molar-refractivity contribution >= 4 is 0 Å². The Morgan fingerprint density at radius 3 is 0.818 bits per heavy atom. The highest BCUT2D eigenvalue weighted by Gasteiger charge is 1.95. The Bertz CT molecular complexity index is 29.3. The third-order valence-electron chi connectivity index (χ3n) is 0.943. The van der Waals surface area contributed by atoms with Gasteiger partial charge in [0.2, 0.25) is 0 Å². The van der Waals surface area contributed by atoms with Gasteiger partial charge in [-0.1, -0.05) is 55.4 Å². The molecule has 0 atom stereocenters. The molecule has 0 radical (unpaired) electrons. The summed E-state index contributed by atoms with van der Waals surface area (Å²) in [6.45, 7) is 17.1. The third kappa shape index (κ3) is 40.0. The molecule has 0 aliphatic heterocycles. The quantitative estimate of drug-likeness (QED) is 0.547. The zero-order chi connectivity index (χ0) is 9.86. The van der Waals surface area contributed by atoms with E-state index in [1.54, 1.807) is 0 Å². The molecule has 0 aromatic rings. The van der Waals surface area contributed by atoms with Gasteiger partial charge in [-0.25, -0.2) is 0 Å². The van der Waals surface area contributed by atoms with Gasteiger partial charge in [-0.05, 0) is 18.3 Å². The van der Waals surface area contributed by atoms with Gasteiger partial charge in [0.05, 0.1) is 0 Å². The first-order valence-corrected chi connectivity index (χ1v) is 5.13. The van der Waals surface area contributed by atoms with Crippen LogP contribution in [0.5, 0.6) is 0 Å². The molecule has 0 unspecified atom stereocenters.